The first-order valence-corrected chi connectivity index (χ1v) is 7.84. The first-order chi connectivity index (χ1) is 10.8. The van der Waals surface area contributed by atoms with Gasteiger partial charge in [0.2, 0.25) is 5.75 Å². The molecule has 0 atom stereocenters. The summed E-state index contributed by atoms with van der Waals surface area (Å²) in [5.74, 6) is 1.99. The average molecular weight is 311 g/mol. The minimum atomic E-state index is 0.623. The van der Waals surface area contributed by atoms with Gasteiger partial charge in [-0.3, -0.25) is 0 Å². The van der Waals surface area contributed by atoms with Gasteiger partial charge >= 0.3 is 0 Å². The molecule has 0 aliphatic heterocycles. The molecule has 0 amide bonds. The van der Waals surface area contributed by atoms with Gasteiger partial charge in [0, 0.05) is 19.8 Å². The lowest BCUT2D eigenvalue weighted by atomic mass is 10.1. The zero-order chi connectivity index (χ0) is 16.2. The molecule has 5 nitrogen and oxygen atoms in total. The van der Waals surface area contributed by atoms with E-state index in [9.17, 15) is 0 Å². The molecule has 0 heterocycles. The molecule has 0 aliphatic carbocycles. The van der Waals surface area contributed by atoms with E-state index in [4.69, 9.17) is 18.9 Å². The molecule has 1 N–H and O–H groups in total. The number of ether oxygens (including phenoxy) is 4. The maximum Gasteiger partial charge on any atom is 0.203 e. The maximum absolute atomic E-state index is 5.53. The third-order valence-corrected chi connectivity index (χ3v) is 3.34. The number of benzene rings is 1. The van der Waals surface area contributed by atoms with Crippen LogP contribution in [-0.2, 0) is 11.3 Å². The number of methoxy groups -OCH3 is 3. The molecule has 5 heteroatoms. The van der Waals surface area contributed by atoms with Crippen LogP contribution in [0.3, 0.4) is 0 Å². The lowest BCUT2D eigenvalue weighted by molar-refractivity contribution is 0.129. The van der Waals surface area contributed by atoms with Gasteiger partial charge in [0.1, 0.15) is 0 Å². The van der Waals surface area contributed by atoms with E-state index in [1.165, 1.54) is 6.42 Å². The van der Waals surface area contributed by atoms with Crippen molar-refractivity contribution in [3.8, 4) is 17.2 Å². The summed E-state index contributed by atoms with van der Waals surface area (Å²) in [6.07, 6.45) is 3.33. The Morgan fingerprint density at radius 3 is 2.09 bits per heavy atom. The molecule has 126 valence electrons. The highest BCUT2D eigenvalue weighted by Gasteiger charge is 2.12. The minimum Gasteiger partial charge on any atom is -0.493 e. The molecule has 22 heavy (non-hydrogen) atoms. The van der Waals surface area contributed by atoms with Crippen molar-refractivity contribution in [1.82, 2.24) is 5.32 Å². The number of unbranched alkanes of at least 4 members (excludes halogenated alkanes) is 1. The van der Waals surface area contributed by atoms with Gasteiger partial charge in [-0.25, -0.2) is 0 Å². The fourth-order valence-electron chi connectivity index (χ4n) is 2.12. The molecule has 1 aromatic rings. The zero-order valence-electron chi connectivity index (χ0n) is 14.2. The van der Waals surface area contributed by atoms with E-state index in [0.29, 0.717) is 17.2 Å². The molecule has 0 fully saturated rings. The lowest BCUT2D eigenvalue weighted by Gasteiger charge is -2.14. The van der Waals surface area contributed by atoms with Crippen LogP contribution >= 0.6 is 0 Å². The Morgan fingerprint density at radius 2 is 1.55 bits per heavy atom. The highest BCUT2D eigenvalue weighted by atomic mass is 16.5. The van der Waals surface area contributed by atoms with E-state index < -0.39 is 0 Å². The summed E-state index contributed by atoms with van der Waals surface area (Å²) in [5, 5.41) is 3.40. The minimum absolute atomic E-state index is 0.623. The second-order valence-electron chi connectivity index (χ2n) is 5.03. The molecule has 0 saturated carbocycles. The van der Waals surface area contributed by atoms with Crippen molar-refractivity contribution in [1.29, 1.82) is 0 Å². The fourth-order valence-corrected chi connectivity index (χ4v) is 2.12. The Balaban J connectivity index is 2.39. The van der Waals surface area contributed by atoms with Crippen molar-refractivity contribution in [2.75, 3.05) is 41.1 Å². The summed E-state index contributed by atoms with van der Waals surface area (Å²) in [6, 6.07) is 3.93. The van der Waals surface area contributed by atoms with Crippen LogP contribution in [-0.4, -0.2) is 41.1 Å². The Kier molecular flexibility index (Phi) is 9.42. The normalized spacial score (nSPS) is 10.5. The van der Waals surface area contributed by atoms with Gasteiger partial charge < -0.3 is 24.3 Å². The molecule has 0 bridgehead atoms. The Hall–Kier alpha value is -1.46. The lowest BCUT2D eigenvalue weighted by Crippen LogP contribution is -2.16. The molecule has 1 rings (SSSR count). The predicted octanol–water partition coefficient (Wildman–Crippen LogP) is 3.01. The summed E-state index contributed by atoms with van der Waals surface area (Å²) >= 11 is 0. The van der Waals surface area contributed by atoms with Crippen molar-refractivity contribution in [3.63, 3.8) is 0 Å². The summed E-state index contributed by atoms with van der Waals surface area (Å²) < 4.78 is 21.5. The quantitative estimate of drug-likeness (QED) is 0.601. The molecule has 0 aromatic heterocycles. The van der Waals surface area contributed by atoms with E-state index in [2.05, 4.69) is 12.2 Å². The molecule has 0 unspecified atom stereocenters. The Labute approximate surface area is 133 Å². The highest BCUT2D eigenvalue weighted by molar-refractivity contribution is 5.53. The van der Waals surface area contributed by atoms with Gasteiger partial charge in [0.15, 0.2) is 11.5 Å². The van der Waals surface area contributed by atoms with Crippen LogP contribution in [0, 0.1) is 0 Å². The van der Waals surface area contributed by atoms with Crippen molar-refractivity contribution in [3.05, 3.63) is 17.7 Å². The monoisotopic (exact) mass is 311 g/mol. The molecular formula is C17H29NO4. The maximum atomic E-state index is 5.53. The summed E-state index contributed by atoms with van der Waals surface area (Å²) in [6.45, 7) is 5.52. The fraction of sp³-hybridized carbons (Fsp3) is 0.647. The van der Waals surface area contributed by atoms with Crippen LogP contribution in [0.4, 0.5) is 0 Å². The number of rotatable bonds is 12. The van der Waals surface area contributed by atoms with Gasteiger partial charge in [-0.15, -0.1) is 0 Å². The standard InChI is InChI=1S/C17H29NO4/c1-5-6-9-22-10-7-8-18-13-14-11-15(19-2)17(21-4)16(12-14)20-3/h11-12,18H,5-10,13H2,1-4H3. The molecule has 0 spiro atoms. The molecule has 0 aliphatic rings. The van der Waals surface area contributed by atoms with Crippen LogP contribution in [0.25, 0.3) is 0 Å². The summed E-state index contributed by atoms with van der Waals surface area (Å²) in [4.78, 5) is 0. The largest absolute Gasteiger partial charge is 0.493 e. The van der Waals surface area contributed by atoms with Crippen molar-refractivity contribution in [2.24, 2.45) is 0 Å². The van der Waals surface area contributed by atoms with E-state index in [0.717, 1.165) is 44.7 Å². The number of nitrogens with one attached hydrogen (secondary N) is 1. The van der Waals surface area contributed by atoms with Gasteiger partial charge in [-0.05, 0) is 37.1 Å². The predicted molar refractivity (Wildman–Crippen MR) is 88.1 cm³/mol. The summed E-state index contributed by atoms with van der Waals surface area (Å²) in [5.41, 5.74) is 1.10. The third-order valence-electron chi connectivity index (χ3n) is 3.34. The van der Waals surface area contributed by atoms with E-state index in [1.807, 2.05) is 12.1 Å². The SMILES string of the molecule is CCCCOCCCNCc1cc(OC)c(OC)c(OC)c1. The smallest absolute Gasteiger partial charge is 0.203 e. The van der Waals surface area contributed by atoms with Crippen LogP contribution in [0.15, 0.2) is 12.1 Å². The van der Waals surface area contributed by atoms with Crippen molar-refractivity contribution >= 4 is 0 Å². The average Bonchev–Trinajstić information content (AvgIpc) is 2.56. The molecular weight excluding hydrogens is 282 g/mol. The third kappa shape index (κ3) is 6.12. The van der Waals surface area contributed by atoms with E-state index in [-0.39, 0.29) is 0 Å². The van der Waals surface area contributed by atoms with Crippen LogP contribution in [0.5, 0.6) is 17.2 Å². The Bertz CT molecular complexity index is 398. The zero-order valence-corrected chi connectivity index (χ0v) is 14.2. The highest BCUT2D eigenvalue weighted by Crippen LogP contribution is 2.38. The number of hydrogen-bond acceptors (Lipinski definition) is 5. The molecule has 0 saturated heterocycles. The Morgan fingerprint density at radius 1 is 0.909 bits per heavy atom. The second-order valence-corrected chi connectivity index (χ2v) is 5.03. The molecule has 1 aromatic carbocycles. The number of hydrogen-bond donors (Lipinski definition) is 1. The van der Waals surface area contributed by atoms with Crippen molar-refractivity contribution < 1.29 is 18.9 Å². The molecule has 0 radical (unpaired) electrons. The van der Waals surface area contributed by atoms with Crippen LogP contribution in [0.2, 0.25) is 0 Å². The van der Waals surface area contributed by atoms with Gasteiger partial charge in [0.05, 0.1) is 21.3 Å². The topological polar surface area (TPSA) is 49.0 Å². The van der Waals surface area contributed by atoms with E-state index in [1.54, 1.807) is 21.3 Å². The van der Waals surface area contributed by atoms with Gasteiger partial charge in [-0.1, -0.05) is 13.3 Å². The first kappa shape index (κ1) is 18.6. The van der Waals surface area contributed by atoms with E-state index >= 15 is 0 Å². The van der Waals surface area contributed by atoms with Crippen molar-refractivity contribution in [2.45, 2.75) is 32.7 Å². The van der Waals surface area contributed by atoms with Crippen LogP contribution in [0.1, 0.15) is 31.7 Å². The first-order valence-electron chi connectivity index (χ1n) is 7.84. The van der Waals surface area contributed by atoms with Gasteiger partial charge in [0.25, 0.3) is 0 Å². The van der Waals surface area contributed by atoms with Crippen LogP contribution < -0.4 is 19.5 Å². The second kappa shape index (κ2) is 11.2. The van der Waals surface area contributed by atoms with Gasteiger partial charge in [-0.2, -0.15) is 0 Å². The summed E-state index contributed by atoms with van der Waals surface area (Å²) in [7, 11) is 4.86.